The Balaban J connectivity index is 1.51. The molecule has 0 aromatic carbocycles. The number of carbonyl (C=O) groups is 1. The average Bonchev–Trinajstić information content (AvgIpc) is 2.73. The van der Waals surface area contributed by atoms with Crippen LogP contribution in [0.3, 0.4) is 0 Å². The molecule has 1 amide bonds. The number of nitrogens with zero attached hydrogens (tertiary/aromatic N) is 2. The van der Waals surface area contributed by atoms with Crippen LogP contribution in [0.15, 0.2) is 24.4 Å². The standard InChI is InChI=1S/C15H21N3OS/c19-15(11-20-10-12-3-1-2-7-17-12)18-13-4-5-14(18)9-16-8-6-13/h1-3,7,13-14,16H,4-6,8-11H2. The third-order valence-corrected chi connectivity index (χ3v) is 5.09. The molecule has 108 valence electrons. The van der Waals surface area contributed by atoms with Gasteiger partial charge in [-0.1, -0.05) is 6.07 Å². The molecule has 0 saturated carbocycles. The first-order valence-electron chi connectivity index (χ1n) is 7.34. The number of nitrogens with one attached hydrogen (secondary N) is 1. The highest BCUT2D eigenvalue weighted by atomic mass is 32.2. The van der Waals surface area contributed by atoms with Crippen molar-refractivity contribution < 1.29 is 4.79 Å². The smallest absolute Gasteiger partial charge is 0.233 e. The maximum absolute atomic E-state index is 12.5. The molecule has 1 aromatic rings. The van der Waals surface area contributed by atoms with Gasteiger partial charge in [0.1, 0.15) is 0 Å². The number of thioether (sulfide) groups is 1. The zero-order chi connectivity index (χ0) is 13.8. The van der Waals surface area contributed by atoms with E-state index >= 15 is 0 Å². The molecular weight excluding hydrogens is 270 g/mol. The molecule has 3 heterocycles. The highest BCUT2D eigenvalue weighted by Crippen LogP contribution is 2.28. The second kappa shape index (κ2) is 6.59. The van der Waals surface area contributed by atoms with E-state index in [4.69, 9.17) is 0 Å². The Kier molecular flexibility index (Phi) is 4.58. The molecule has 2 bridgehead atoms. The van der Waals surface area contributed by atoms with Gasteiger partial charge in [0, 0.05) is 30.6 Å². The first-order valence-corrected chi connectivity index (χ1v) is 8.49. The Bertz CT molecular complexity index is 440. The molecule has 0 radical (unpaired) electrons. The van der Waals surface area contributed by atoms with E-state index < -0.39 is 0 Å². The van der Waals surface area contributed by atoms with Gasteiger partial charge in [0.2, 0.25) is 5.91 Å². The van der Waals surface area contributed by atoms with Crippen molar-refractivity contribution in [3.63, 3.8) is 0 Å². The summed E-state index contributed by atoms with van der Waals surface area (Å²) < 4.78 is 0. The van der Waals surface area contributed by atoms with Crippen LogP contribution >= 0.6 is 11.8 Å². The predicted molar refractivity (Wildman–Crippen MR) is 81.5 cm³/mol. The van der Waals surface area contributed by atoms with Crippen LogP contribution in [0, 0.1) is 0 Å². The number of carbonyl (C=O) groups excluding carboxylic acids is 1. The van der Waals surface area contributed by atoms with Crippen molar-refractivity contribution in [2.24, 2.45) is 0 Å². The van der Waals surface area contributed by atoms with Gasteiger partial charge in [-0.15, -0.1) is 11.8 Å². The Morgan fingerprint density at radius 3 is 3.10 bits per heavy atom. The fourth-order valence-corrected chi connectivity index (χ4v) is 4.00. The summed E-state index contributed by atoms with van der Waals surface area (Å²) in [5.74, 6) is 1.69. The zero-order valence-electron chi connectivity index (χ0n) is 11.6. The minimum Gasteiger partial charge on any atom is -0.335 e. The van der Waals surface area contributed by atoms with Gasteiger partial charge < -0.3 is 10.2 Å². The van der Waals surface area contributed by atoms with Crippen LogP contribution in [0.5, 0.6) is 0 Å². The highest BCUT2D eigenvalue weighted by molar-refractivity contribution is 7.99. The molecule has 2 aliphatic rings. The second-order valence-electron chi connectivity index (χ2n) is 5.49. The number of fused-ring (bicyclic) bond motifs is 2. The van der Waals surface area contributed by atoms with Crippen molar-refractivity contribution >= 4 is 17.7 Å². The predicted octanol–water partition coefficient (Wildman–Crippen LogP) is 1.67. The van der Waals surface area contributed by atoms with Gasteiger partial charge in [0.15, 0.2) is 0 Å². The van der Waals surface area contributed by atoms with Crippen LogP contribution in [0.1, 0.15) is 25.0 Å². The quantitative estimate of drug-likeness (QED) is 0.916. The van der Waals surface area contributed by atoms with Crippen molar-refractivity contribution in [3.05, 3.63) is 30.1 Å². The molecular formula is C15H21N3OS. The number of aromatic nitrogens is 1. The first-order chi connectivity index (χ1) is 9.84. The van der Waals surface area contributed by atoms with E-state index in [9.17, 15) is 4.79 Å². The number of hydrogen-bond donors (Lipinski definition) is 1. The summed E-state index contributed by atoms with van der Waals surface area (Å²) in [5.41, 5.74) is 1.05. The van der Waals surface area contributed by atoms with Gasteiger partial charge >= 0.3 is 0 Å². The summed E-state index contributed by atoms with van der Waals surface area (Å²) in [6.07, 6.45) is 5.25. The maximum atomic E-state index is 12.5. The molecule has 0 spiro atoms. The van der Waals surface area contributed by atoms with Crippen LogP contribution in [-0.2, 0) is 10.5 Å². The van der Waals surface area contributed by atoms with Gasteiger partial charge in [0.05, 0.1) is 11.4 Å². The summed E-state index contributed by atoms with van der Waals surface area (Å²) in [6, 6.07) is 6.81. The normalized spacial score (nSPS) is 25.5. The average molecular weight is 291 g/mol. The van der Waals surface area contributed by atoms with Gasteiger partial charge in [0.25, 0.3) is 0 Å². The third-order valence-electron chi connectivity index (χ3n) is 4.14. The molecule has 20 heavy (non-hydrogen) atoms. The highest BCUT2D eigenvalue weighted by Gasteiger charge is 2.37. The van der Waals surface area contributed by atoms with Crippen LogP contribution in [0.25, 0.3) is 0 Å². The van der Waals surface area contributed by atoms with Gasteiger partial charge in [-0.25, -0.2) is 0 Å². The summed E-state index contributed by atoms with van der Waals surface area (Å²) >= 11 is 1.67. The third kappa shape index (κ3) is 3.15. The summed E-state index contributed by atoms with van der Waals surface area (Å²) in [4.78, 5) is 18.9. The second-order valence-corrected chi connectivity index (χ2v) is 6.48. The monoisotopic (exact) mass is 291 g/mol. The van der Waals surface area contributed by atoms with Crippen molar-refractivity contribution in [3.8, 4) is 0 Å². The summed E-state index contributed by atoms with van der Waals surface area (Å²) in [6.45, 7) is 2.01. The van der Waals surface area contributed by atoms with Crippen LogP contribution in [0.4, 0.5) is 0 Å². The largest absolute Gasteiger partial charge is 0.335 e. The van der Waals surface area contributed by atoms with E-state index in [1.54, 1.807) is 18.0 Å². The fourth-order valence-electron chi connectivity index (χ4n) is 3.19. The van der Waals surface area contributed by atoms with Crippen molar-refractivity contribution in [1.82, 2.24) is 15.2 Å². The van der Waals surface area contributed by atoms with Crippen molar-refractivity contribution in [2.75, 3.05) is 18.8 Å². The molecule has 2 aliphatic heterocycles. The van der Waals surface area contributed by atoms with E-state index in [0.717, 1.165) is 37.4 Å². The molecule has 1 N–H and O–H groups in total. The molecule has 0 aliphatic carbocycles. The Morgan fingerprint density at radius 2 is 2.25 bits per heavy atom. The number of hydrogen-bond acceptors (Lipinski definition) is 4. The maximum Gasteiger partial charge on any atom is 0.233 e. The topological polar surface area (TPSA) is 45.2 Å². The molecule has 1 aromatic heterocycles. The number of rotatable bonds is 4. The first kappa shape index (κ1) is 13.9. The molecule has 2 unspecified atom stereocenters. The minimum atomic E-state index is 0.308. The van der Waals surface area contributed by atoms with E-state index in [2.05, 4.69) is 15.2 Å². The molecule has 3 rings (SSSR count). The molecule has 2 fully saturated rings. The van der Waals surface area contributed by atoms with E-state index in [0.29, 0.717) is 23.7 Å². The van der Waals surface area contributed by atoms with E-state index in [1.165, 1.54) is 6.42 Å². The Hall–Kier alpha value is -1.07. The molecule has 2 atom stereocenters. The SMILES string of the molecule is O=C(CSCc1ccccn1)N1C2CCNCC1CC2. The van der Waals surface area contributed by atoms with Crippen LogP contribution < -0.4 is 5.32 Å². The lowest BCUT2D eigenvalue weighted by atomic mass is 10.1. The summed E-state index contributed by atoms with van der Waals surface area (Å²) in [7, 11) is 0. The van der Waals surface area contributed by atoms with Crippen LogP contribution in [0.2, 0.25) is 0 Å². The minimum absolute atomic E-state index is 0.308. The Morgan fingerprint density at radius 1 is 1.35 bits per heavy atom. The molecule has 4 nitrogen and oxygen atoms in total. The number of pyridine rings is 1. The molecule has 5 heteroatoms. The zero-order valence-corrected chi connectivity index (χ0v) is 12.4. The van der Waals surface area contributed by atoms with E-state index in [-0.39, 0.29) is 0 Å². The lowest BCUT2D eigenvalue weighted by Gasteiger charge is -2.27. The fraction of sp³-hybridized carbons (Fsp3) is 0.600. The van der Waals surface area contributed by atoms with Crippen molar-refractivity contribution in [1.29, 1.82) is 0 Å². The van der Waals surface area contributed by atoms with Gasteiger partial charge in [-0.2, -0.15) is 0 Å². The number of amides is 1. The molecule has 2 saturated heterocycles. The summed E-state index contributed by atoms with van der Waals surface area (Å²) in [5, 5.41) is 3.43. The lowest BCUT2D eigenvalue weighted by molar-refractivity contribution is -0.130. The lowest BCUT2D eigenvalue weighted by Crippen LogP contribution is -2.43. The van der Waals surface area contributed by atoms with Gasteiger partial charge in [-0.3, -0.25) is 9.78 Å². The van der Waals surface area contributed by atoms with E-state index in [1.807, 2.05) is 18.2 Å². The Labute approximate surface area is 124 Å². The van der Waals surface area contributed by atoms with Crippen LogP contribution in [-0.4, -0.2) is 46.7 Å². The van der Waals surface area contributed by atoms with Crippen molar-refractivity contribution in [2.45, 2.75) is 37.1 Å². The van der Waals surface area contributed by atoms with Gasteiger partial charge in [-0.05, 0) is 37.9 Å².